The Labute approximate surface area is 117 Å². The van der Waals surface area contributed by atoms with E-state index in [9.17, 15) is 4.79 Å². The summed E-state index contributed by atoms with van der Waals surface area (Å²) in [4.78, 5) is 10.6. The van der Waals surface area contributed by atoms with Crippen LogP contribution in [0.5, 0.6) is 0 Å². The van der Waals surface area contributed by atoms with E-state index in [1.807, 2.05) is 36.4 Å². The molecule has 0 atom stereocenters. The summed E-state index contributed by atoms with van der Waals surface area (Å²) in [5.74, 6) is -0.148. The number of primary amides is 1. The number of nitrogens with two attached hydrogens (primary N) is 1. The predicted molar refractivity (Wildman–Crippen MR) is 75.1 cm³/mol. The summed E-state index contributed by atoms with van der Waals surface area (Å²) in [6.45, 7) is 0. The third kappa shape index (κ3) is 3.54. The second kappa shape index (κ2) is 5.97. The molecule has 0 aliphatic carbocycles. The summed E-state index contributed by atoms with van der Waals surface area (Å²) >= 11 is 4.66. The minimum Gasteiger partial charge on any atom is -0.369 e. The SMILES string of the molecule is NC(=O)CSc1ccc(-c2ccc(Br)cc2)nn1. The maximum Gasteiger partial charge on any atom is 0.227 e. The van der Waals surface area contributed by atoms with E-state index in [0.29, 0.717) is 5.03 Å². The fraction of sp³-hybridized carbons (Fsp3) is 0.0833. The lowest BCUT2D eigenvalue weighted by Gasteiger charge is -2.01. The summed E-state index contributed by atoms with van der Waals surface area (Å²) in [6.07, 6.45) is 0. The van der Waals surface area contributed by atoms with Crippen LogP contribution in [0, 0.1) is 0 Å². The highest BCUT2D eigenvalue weighted by Gasteiger charge is 2.03. The molecule has 0 unspecified atom stereocenters. The third-order valence-corrected chi connectivity index (χ3v) is 3.61. The lowest BCUT2D eigenvalue weighted by molar-refractivity contribution is -0.115. The van der Waals surface area contributed by atoms with Crippen molar-refractivity contribution in [2.45, 2.75) is 5.03 Å². The largest absolute Gasteiger partial charge is 0.369 e. The van der Waals surface area contributed by atoms with Crippen molar-refractivity contribution < 1.29 is 4.79 Å². The number of carbonyl (C=O) groups excluding carboxylic acids is 1. The molecule has 1 heterocycles. The zero-order valence-corrected chi connectivity index (χ0v) is 11.7. The Morgan fingerprint density at radius 3 is 2.44 bits per heavy atom. The second-order valence-corrected chi connectivity index (χ2v) is 5.43. The fourth-order valence-electron chi connectivity index (χ4n) is 1.32. The fourth-order valence-corrected chi connectivity index (χ4v) is 2.13. The summed E-state index contributed by atoms with van der Waals surface area (Å²) in [7, 11) is 0. The van der Waals surface area contributed by atoms with Crippen LogP contribution in [0.15, 0.2) is 45.9 Å². The quantitative estimate of drug-likeness (QED) is 0.877. The van der Waals surface area contributed by atoms with Gasteiger partial charge in [0.25, 0.3) is 0 Å². The Kier molecular flexibility index (Phi) is 4.33. The van der Waals surface area contributed by atoms with Crippen LogP contribution in [-0.4, -0.2) is 21.9 Å². The first-order chi connectivity index (χ1) is 8.65. The predicted octanol–water partition coefficient (Wildman–Crippen LogP) is 2.48. The molecule has 1 aromatic carbocycles. The van der Waals surface area contributed by atoms with Crippen molar-refractivity contribution in [1.82, 2.24) is 10.2 Å². The van der Waals surface area contributed by atoms with Gasteiger partial charge in [-0.25, -0.2) is 0 Å². The normalized spacial score (nSPS) is 10.3. The van der Waals surface area contributed by atoms with Gasteiger partial charge in [0.2, 0.25) is 5.91 Å². The Balaban J connectivity index is 2.12. The van der Waals surface area contributed by atoms with Crippen LogP contribution in [-0.2, 0) is 4.79 Å². The first-order valence-electron chi connectivity index (χ1n) is 5.16. The standard InChI is InChI=1S/C12H10BrN3OS/c13-9-3-1-8(2-4-9)10-5-6-12(16-15-10)18-7-11(14)17/h1-6H,7H2,(H2,14,17). The lowest BCUT2D eigenvalue weighted by Crippen LogP contribution is -2.13. The molecule has 0 spiro atoms. The molecule has 0 saturated heterocycles. The van der Waals surface area contributed by atoms with Gasteiger partial charge in [-0.1, -0.05) is 39.8 Å². The molecule has 0 aliphatic rings. The van der Waals surface area contributed by atoms with E-state index in [1.165, 1.54) is 11.8 Å². The molecule has 2 N–H and O–H groups in total. The minimum atomic E-state index is -0.362. The van der Waals surface area contributed by atoms with Crippen molar-refractivity contribution in [2.75, 3.05) is 5.75 Å². The minimum absolute atomic E-state index is 0.215. The molecule has 1 amide bonds. The summed E-state index contributed by atoms with van der Waals surface area (Å²) < 4.78 is 1.02. The van der Waals surface area contributed by atoms with Crippen molar-refractivity contribution in [3.05, 3.63) is 40.9 Å². The molecule has 6 heteroatoms. The number of benzene rings is 1. The van der Waals surface area contributed by atoms with Crippen molar-refractivity contribution in [3.63, 3.8) is 0 Å². The average molecular weight is 324 g/mol. The highest BCUT2D eigenvalue weighted by atomic mass is 79.9. The van der Waals surface area contributed by atoms with Gasteiger partial charge in [-0.3, -0.25) is 4.79 Å². The van der Waals surface area contributed by atoms with Gasteiger partial charge < -0.3 is 5.73 Å². The van der Waals surface area contributed by atoms with E-state index in [4.69, 9.17) is 5.73 Å². The maximum absolute atomic E-state index is 10.6. The number of nitrogens with zero attached hydrogens (tertiary/aromatic N) is 2. The molecular formula is C12H10BrN3OS. The van der Waals surface area contributed by atoms with E-state index in [1.54, 1.807) is 0 Å². The van der Waals surface area contributed by atoms with Gasteiger partial charge in [-0.2, -0.15) is 0 Å². The van der Waals surface area contributed by atoms with E-state index >= 15 is 0 Å². The van der Waals surface area contributed by atoms with Crippen molar-refractivity contribution >= 4 is 33.6 Å². The van der Waals surface area contributed by atoms with Gasteiger partial charge in [0.1, 0.15) is 5.03 Å². The highest BCUT2D eigenvalue weighted by molar-refractivity contribution is 9.10. The molecule has 0 radical (unpaired) electrons. The van der Waals surface area contributed by atoms with Crippen LogP contribution in [0.4, 0.5) is 0 Å². The van der Waals surface area contributed by atoms with Gasteiger partial charge in [0.15, 0.2) is 0 Å². The molecule has 2 aromatic rings. The van der Waals surface area contributed by atoms with Gasteiger partial charge in [0, 0.05) is 10.0 Å². The molecule has 0 bridgehead atoms. The maximum atomic E-state index is 10.6. The smallest absolute Gasteiger partial charge is 0.227 e. The molecule has 92 valence electrons. The Morgan fingerprint density at radius 1 is 1.17 bits per heavy atom. The third-order valence-electron chi connectivity index (χ3n) is 2.14. The molecule has 1 aromatic heterocycles. The van der Waals surface area contributed by atoms with Gasteiger partial charge >= 0.3 is 0 Å². The van der Waals surface area contributed by atoms with Crippen LogP contribution in [0.25, 0.3) is 11.3 Å². The second-order valence-electron chi connectivity index (χ2n) is 3.52. The van der Waals surface area contributed by atoms with Crippen LogP contribution in [0.2, 0.25) is 0 Å². The van der Waals surface area contributed by atoms with E-state index < -0.39 is 0 Å². The van der Waals surface area contributed by atoms with Gasteiger partial charge in [-0.05, 0) is 24.3 Å². The zero-order chi connectivity index (χ0) is 13.0. The van der Waals surface area contributed by atoms with Crippen LogP contribution in [0.3, 0.4) is 0 Å². The Morgan fingerprint density at radius 2 is 1.89 bits per heavy atom. The monoisotopic (exact) mass is 323 g/mol. The first kappa shape index (κ1) is 13.0. The number of rotatable bonds is 4. The molecule has 18 heavy (non-hydrogen) atoms. The van der Waals surface area contributed by atoms with Crippen molar-refractivity contribution in [3.8, 4) is 11.3 Å². The van der Waals surface area contributed by atoms with Crippen LogP contribution in [0.1, 0.15) is 0 Å². The summed E-state index contributed by atoms with van der Waals surface area (Å²) in [6, 6.07) is 11.5. The summed E-state index contributed by atoms with van der Waals surface area (Å²) in [5.41, 5.74) is 6.86. The Bertz CT molecular complexity index is 542. The average Bonchev–Trinajstić information content (AvgIpc) is 2.38. The number of carbonyl (C=O) groups is 1. The highest BCUT2D eigenvalue weighted by Crippen LogP contribution is 2.21. The lowest BCUT2D eigenvalue weighted by atomic mass is 10.1. The van der Waals surface area contributed by atoms with E-state index in [-0.39, 0.29) is 11.7 Å². The molecule has 0 fully saturated rings. The molecule has 0 saturated carbocycles. The number of halogens is 1. The molecular weight excluding hydrogens is 314 g/mol. The van der Waals surface area contributed by atoms with Crippen LogP contribution < -0.4 is 5.73 Å². The molecule has 2 rings (SSSR count). The van der Waals surface area contributed by atoms with E-state index in [0.717, 1.165) is 15.7 Å². The van der Waals surface area contributed by atoms with Gasteiger partial charge in [-0.15, -0.1) is 10.2 Å². The zero-order valence-electron chi connectivity index (χ0n) is 9.34. The number of aromatic nitrogens is 2. The number of thioether (sulfide) groups is 1. The number of hydrogen-bond acceptors (Lipinski definition) is 4. The number of hydrogen-bond donors (Lipinski definition) is 1. The summed E-state index contributed by atoms with van der Waals surface area (Å²) in [5, 5.41) is 8.85. The van der Waals surface area contributed by atoms with Crippen molar-refractivity contribution in [2.24, 2.45) is 5.73 Å². The van der Waals surface area contributed by atoms with E-state index in [2.05, 4.69) is 26.1 Å². The topological polar surface area (TPSA) is 68.9 Å². The molecule has 4 nitrogen and oxygen atoms in total. The van der Waals surface area contributed by atoms with Crippen LogP contribution >= 0.6 is 27.7 Å². The van der Waals surface area contributed by atoms with Crippen molar-refractivity contribution in [1.29, 1.82) is 0 Å². The van der Waals surface area contributed by atoms with Gasteiger partial charge in [0.05, 0.1) is 11.4 Å². The number of amides is 1. The molecule has 0 aliphatic heterocycles. The Hall–Kier alpha value is -1.40. The first-order valence-corrected chi connectivity index (χ1v) is 6.94.